The van der Waals surface area contributed by atoms with Crippen LogP contribution in [0.1, 0.15) is 32.1 Å². The van der Waals surface area contributed by atoms with Crippen molar-refractivity contribution in [3.8, 4) is 0 Å². The van der Waals surface area contributed by atoms with Gasteiger partial charge in [-0.25, -0.2) is 8.42 Å². The number of halogens is 3. The van der Waals surface area contributed by atoms with Crippen molar-refractivity contribution in [2.75, 3.05) is 6.26 Å². The quantitative estimate of drug-likeness (QED) is 0.839. The van der Waals surface area contributed by atoms with E-state index >= 15 is 0 Å². The molecule has 0 bridgehead atoms. The molecule has 1 aliphatic carbocycles. The largest absolute Gasteiger partial charge is 0.389 e. The summed E-state index contributed by atoms with van der Waals surface area (Å²) in [5, 5.41) is 8.92. The summed E-state index contributed by atoms with van der Waals surface area (Å²) in [6, 6.07) is 0. The first-order valence-electron chi connectivity index (χ1n) is 5.03. The summed E-state index contributed by atoms with van der Waals surface area (Å²) in [7, 11) is -3.50. The average Bonchev–Trinajstić information content (AvgIpc) is 2.43. The molecule has 0 heterocycles. The normalized spacial score (nSPS) is 31.9. The lowest BCUT2D eigenvalue weighted by Gasteiger charge is -2.29. The minimum absolute atomic E-state index is 0.126. The second-order valence-corrected chi connectivity index (χ2v) is 6.66. The van der Waals surface area contributed by atoms with E-state index in [2.05, 4.69) is 0 Å². The Bertz CT molecular complexity index is 350. The van der Waals surface area contributed by atoms with Crippen LogP contribution >= 0.6 is 0 Å². The topological polar surface area (TPSA) is 54.4 Å². The molecule has 1 rings (SSSR count). The maximum atomic E-state index is 12.0. The number of hydrogen-bond donors (Lipinski definition) is 1. The molecule has 1 aliphatic rings. The van der Waals surface area contributed by atoms with E-state index in [9.17, 15) is 26.7 Å². The molecule has 0 saturated heterocycles. The first-order valence-corrected chi connectivity index (χ1v) is 6.98. The Kier molecular flexibility index (Phi) is 3.59. The summed E-state index contributed by atoms with van der Waals surface area (Å²) in [6.45, 7) is 0. The first-order chi connectivity index (χ1) is 7.05. The van der Waals surface area contributed by atoms with Crippen LogP contribution in [-0.4, -0.2) is 36.8 Å². The molecule has 96 valence electrons. The molecule has 0 aromatic heterocycles. The Balaban J connectivity index is 2.76. The first kappa shape index (κ1) is 13.8. The maximum absolute atomic E-state index is 12.0. The highest BCUT2D eigenvalue weighted by Gasteiger charge is 2.48. The van der Waals surface area contributed by atoms with Crippen molar-refractivity contribution in [1.82, 2.24) is 0 Å². The van der Waals surface area contributed by atoms with E-state index in [1.54, 1.807) is 0 Å². The van der Waals surface area contributed by atoms with E-state index in [-0.39, 0.29) is 12.8 Å². The Morgan fingerprint density at radius 3 is 2.44 bits per heavy atom. The molecule has 0 aliphatic heterocycles. The molecule has 0 amide bonds. The van der Waals surface area contributed by atoms with Gasteiger partial charge in [0.1, 0.15) is 0 Å². The predicted molar refractivity (Wildman–Crippen MR) is 52.7 cm³/mol. The van der Waals surface area contributed by atoms with Gasteiger partial charge in [0.15, 0.2) is 9.84 Å². The minimum Gasteiger partial charge on any atom is -0.389 e. The molecular weight excluding hydrogens is 245 g/mol. The third-order valence-electron chi connectivity index (χ3n) is 3.03. The van der Waals surface area contributed by atoms with Crippen molar-refractivity contribution in [2.45, 2.75) is 49.1 Å². The third kappa shape index (κ3) is 3.35. The summed E-state index contributed by atoms with van der Waals surface area (Å²) in [4.78, 5) is 0. The maximum Gasteiger partial charge on any atom is 0.389 e. The smallest absolute Gasteiger partial charge is 0.389 e. The van der Waals surface area contributed by atoms with Gasteiger partial charge >= 0.3 is 6.18 Å². The fourth-order valence-corrected chi connectivity index (χ4v) is 3.91. The van der Waals surface area contributed by atoms with Crippen molar-refractivity contribution < 1.29 is 26.7 Å². The fourth-order valence-electron chi connectivity index (χ4n) is 2.28. The van der Waals surface area contributed by atoms with Crippen LogP contribution in [-0.2, 0) is 9.84 Å². The van der Waals surface area contributed by atoms with Crippen LogP contribution in [0.2, 0.25) is 0 Å². The molecule has 1 N–H and O–H groups in total. The lowest BCUT2D eigenvalue weighted by Crippen LogP contribution is -2.42. The van der Waals surface area contributed by atoms with E-state index in [1.807, 2.05) is 0 Å². The molecule has 16 heavy (non-hydrogen) atoms. The highest BCUT2D eigenvalue weighted by molar-refractivity contribution is 7.91. The molecule has 0 aromatic rings. The van der Waals surface area contributed by atoms with Crippen LogP contribution in [0.3, 0.4) is 0 Å². The van der Waals surface area contributed by atoms with Crippen molar-refractivity contribution in [3.63, 3.8) is 0 Å². The monoisotopic (exact) mass is 260 g/mol. The minimum atomic E-state index is -4.36. The van der Waals surface area contributed by atoms with Gasteiger partial charge < -0.3 is 5.11 Å². The van der Waals surface area contributed by atoms with Crippen molar-refractivity contribution >= 4 is 9.84 Å². The predicted octanol–water partition coefficient (Wildman–Crippen LogP) is 1.66. The molecule has 3 nitrogen and oxygen atoms in total. The van der Waals surface area contributed by atoms with E-state index < -0.39 is 39.7 Å². The van der Waals surface area contributed by atoms with Crippen molar-refractivity contribution in [3.05, 3.63) is 0 Å². The third-order valence-corrected chi connectivity index (χ3v) is 4.74. The summed E-state index contributed by atoms with van der Waals surface area (Å²) >= 11 is 0. The van der Waals surface area contributed by atoms with Crippen LogP contribution in [0, 0.1) is 0 Å². The summed E-state index contributed by atoms with van der Waals surface area (Å²) in [5.74, 6) is 0. The standard InChI is InChI=1S/C9H15F3O3S/c1-16(14,15)7-3-2-4-8(7,13)5-6-9(10,11)12/h7,13H,2-6H2,1H3. The van der Waals surface area contributed by atoms with E-state index in [1.165, 1.54) is 0 Å². The van der Waals surface area contributed by atoms with Gasteiger partial charge in [0, 0.05) is 12.7 Å². The van der Waals surface area contributed by atoms with Gasteiger partial charge in [-0.15, -0.1) is 0 Å². The summed E-state index contributed by atoms with van der Waals surface area (Å²) in [6.07, 6.45) is -4.26. The summed E-state index contributed by atoms with van der Waals surface area (Å²) in [5.41, 5.74) is -1.71. The second kappa shape index (κ2) is 4.18. The van der Waals surface area contributed by atoms with Gasteiger partial charge in [0.2, 0.25) is 0 Å². The Labute approximate surface area is 92.6 Å². The van der Waals surface area contributed by atoms with Crippen LogP contribution in [0.5, 0.6) is 0 Å². The average molecular weight is 260 g/mol. The van der Waals surface area contributed by atoms with Gasteiger partial charge in [-0.05, 0) is 25.7 Å². The number of hydrogen-bond acceptors (Lipinski definition) is 3. The number of sulfone groups is 1. The second-order valence-electron chi connectivity index (χ2n) is 4.43. The molecule has 1 fully saturated rings. The highest BCUT2D eigenvalue weighted by Crippen LogP contribution is 2.40. The number of rotatable bonds is 3. The van der Waals surface area contributed by atoms with Gasteiger partial charge in [0.25, 0.3) is 0 Å². The van der Waals surface area contributed by atoms with E-state index in [0.29, 0.717) is 6.42 Å². The molecule has 0 aromatic carbocycles. The molecular formula is C9H15F3O3S. The Hall–Kier alpha value is -0.300. The fraction of sp³-hybridized carbons (Fsp3) is 1.00. The molecule has 0 spiro atoms. The molecule has 7 heteroatoms. The van der Waals surface area contributed by atoms with Crippen LogP contribution < -0.4 is 0 Å². The molecule has 1 saturated carbocycles. The van der Waals surface area contributed by atoms with E-state index in [0.717, 1.165) is 6.26 Å². The van der Waals surface area contributed by atoms with Gasteiger partial charge in [-0.1, -0.05) is 0 Å². The van der Waals surface area contributed by atoms with Crippen LogP contribution in [0.4, 0.5) is 13.2 Å². The lowest BCUT2D eigenvalue weighted by molar-refractivity contribution is -0.146. The highest BCUT2D eigenvalue weighted by atomic mass is 32.2. The SMILES string of the molecule is CS(=O)(=O)C1CCCC1(O)CCC(F)(F)F. The number of aliphatic hydroxyl groups is 1. The molecule has 2 atom stereocenters. The number of alkyl halides is 3. The van der Waals surface area contributed by atoms with Crippen molar-refractivity contribution in [2.24, 2.45) is 0 Å². The van der Waals surface area contributed by atoms with Gasteiger partial charge in [0.05, 0.1) is 10.9 Å². The summed E-state index contributed by atoms with van der Waals surface area (Å²) < 4.78 is 58.8. The van der Waals surface area contributed by atoms with E-state index in [4.69, 9.17) is 0 Å². The zero-order valence-corrected chi connectivity index (χ0v) is 9.74. The Morgan fingerprint density at radius 1 is 1.44 bits per heavy atom. The van der Waals surface area contributed by atoms with Gasteiger partial charge in [-0.2, -0.15) is 13.2 Å². The lowest BCUT2D eigenvalue weighted by atomic mass is 9.95. The Morgan fingerprint density at radius 2 is 2.00 bits per heavy atom. The van der Waals surface area contributed by atoms with Gasteiger partial charge in [-0.3, -0.25) is 0 Å². The van der Waals surface area contributed by atoms with Crippen LogP contribution in [0.25, 0.3) is 0 Å². The zero-order valence-electron chi connectivity index (χ0n) is 8.92. The van der Waals surface area contributed by atoms with Crippen LogP contribution in [0.15, 0.2) is 0 Å². The molecule has 0 radical (unpaired) electrons. The van der Waals surface area contributed by atoms with Crippen molar-refractivity contribution in [1.29, 1.82) is 0 Å². The molecule has 2 unspecified atom stereocenters. The zero-order chi connectivity index (χ0) is 12.6.